The molecule has 0 unspecified atom stereocenters. The summed E-state index contributed by atoms with van der Waals surface area (Å²) >= 11 is 0. The monoisotopic (exact) mass is 388 g/mol. The molecular formula is C27H20N2O. The molecule has 0 bridgehead atoms. The molecule has 5 rings (SSSR count). The van der Waals surface area contributed by atoms with Gasteiger partial charge in [0.15, 0.2) is 0 Å². The fraction of sp³-hybridized carbons (Fsp3) is 0. The van der Waals surface area contributed by atoms with Gasteiger partial charge < -0.3 is 9.72 Å². The minimum Gasteiger partial charge on any atom is -0.439 e. The van der Waals surface area contributed by atoms with Crippen LogP contribution < -0.4 is 4.74 Å². The van der Waals surface area contributed by atoms with Crippen LogP contribution in [0, 0.1) is 0 Å². The van der Waals surface area contributed by atoms with Gasteiger partial charge in [-0.15, -0.1) is 0 Å². The predicted octanol–water partition coefficient (Wildman–Crippen LogP) is 7.20. The van der Waals surface area contributed by atoms with Gasteiger partial charge in [0.25, 0.3) is 0 Å². The van der Waals surface area contributed by atoms with E-state index >= 15 is 0 Å². The molecule has 0 amide bonds. The van der Waals surface area contributed by atoms with Crippen molar-refractivity contribution < 1.29 is 4.74 Å². The second kappa shape index (κ2) is 8.10. The Labute approximate surface area is 175 Å². The molecule has 0 saturated carbocycles. The zero-order valence-corrected chi connectivity index (χ0v) is 16.3. The van der Waals surface area contributed by atoms with Crippen molar-refractivity contribution in [2.45, 2.75) is 0 Å². The summed E-state index contributed by atoms with van der Waals surface area (Å²) in [6.07, 6.45) is 3.76. The number of hydrogen-bond acceptors (Lipinski definition) is 2. The fourth-order valence-electron chi connectivity index (χ4n) is 3.47. The molecule has 1 N–H and O–H groups in total. The Kier molecular flexibility index (Phi) is 4.84. The highest BCUT2D eigenvalue weighted by molar-refractivity contribution is 5.74. The largest absolute Gasteiger partial charge is 0.439 e. The summed E-state index contributed by atoms with van der Waals surface area (Å²) in [4.78, 5) is 7.61. The molecule has 0 aliphatic heterocycles. The number of hydrogen-bond donors (Lipinski definition) is 1. The highest BCUT2D eigenvalue weighted by atomic mass is 16.5. The number of nitrogens with one attached hydrogen (secondary N) is 1. The zero-order valence-electron chi connectivity index (χ0n) is 16.3. The van der Waals surface area contributed by atoms with Crippen LogP contribution >= 0.6 is 0 Å². The van der Waals surface area contributed by atoms with E-state index in [1.807, 2.05) is 48.7 Å². The summed E-state index contributed by atoms with van der Waals surface area (Å²) in [7, 11) is 0. The van der Waals surface area contributed by atoms with Crippen LogP contribution in [0.5, 0.6) is 11.6 Å². The summed E-state index contributed by atoms with van der Waals surface area (Å²) in [5.41, 5.74) is 6.89. The number of ether oxygens (including phenoxy) is 1. The van der Waals surface area contributed by atoms with E-state index in [1.54, 1.807) is 6.20 Å². The first kappa shape index (κ1) is 18.0. The Bertz CT molecular complexity index is 1240. The third-order valence-corrected chi connectivity index (χ3v) is 5.01. The molecule has 0 aliphatic rings. The lowest BCUT2D eigenvalue weighted by Crippen LogP contribution is -1.87. The fourth-order valence-corrected chi connectivity index (χ4v) is 3.47. The van der Waals surface area contributed by atoms with Gasteiger partial charge in [-0.05, 0) is 46.5 Å². The molecule has 0 saturated heterocycles. The third-order valence-electron chi connectivity index (χ3n) is 5.01. The average Bonchev–Trinajstić information content (AvgIpc) is 3.31. The molecule has 0 spiro atoms. The molecule has 0 atom stereocenters. The molecule has 0 fully saturated rings. The molecule has 5 aromatic rings. The quantitative estimate of drug-likeness (QED) is 0.346. The van der Waals surface area contributed by atoms with Crippen LogP contribution in [0.4, 0.5) is 0 Å². The Hall–Kier alpha value is -4.11. The lowest BCUT2D eigenvalue weighted by molar-refractivity contribution is 0.463. The van der Waals surface area contributed by atoms with E-state index in [-0.39, 0.29) is 0 Å². The van der Waals surface area contributed by atoms with E-state index in [4.69, 9.17) is 4.74 Å². The third kappa shape index (κ3) is 3.87. The molecule has 2 aromatic heterocycles. The van der Waals surface area contributed by atoms with Gasteiger partial charge in [-0.2, -0.15) is 0 Å². The van der Waals surface area contributed by atoms with Gasteiger partial charge in [-0.3, -0.25) is 0 Å². The van der Waals surface area contributed by atoms with Crippen molar-refractivity contribution in [2.24, 2.45) is 0 Å². The highest BCUT2D eigenvalue weighted by Crippen LogP contribution is 2.30. The van der Waals surface area contributed by atoms with Gasteiger partial charge in [0.05, 0.1) is 0 Å². The normalized spacial score (nSPS) is 10.7. The number of benzene rings is 3. The Morgan fingerprint density at radius 1 is 0.567 bits per heavy atom. The first-order valence-corrected chi connectivity index (χ1v) is 9.89. The van der Waals surface area contributed by atoms with Crippen LogP contribution in [0.1, 0.15) is 0 Å². The van der Waals surface area contributed by atoms with E-state index in [0.29, 0.717) is 5.88 Å². The average molecular weight is 388 g/mol. The Morgan fingerprint density at radius 2 is 1.27 bits per heavy atom. The van der Waals surface area contributed by atoms with Gasteiger partial charge in [-0.25, -0.2) is 4.98 Å². The number of pyridine rings is 1. The Balaban J connectivity index is 1.37. The lowest BCUT2D eigenvalue weighted by Gasteiger charge is -2.06. The SMILES string of the molecule is c1ccc(-c2ccc(-c3c[nH]c(-c4cccc(Oc5ccccn5)c4)c3)cc2)cc1. The molecule has 30 heavy (non-hydrogen) atoms. The van der Waals surface area contributed by atoms with E-state index in [1.165, 1.54) is 16.7 Å². The van der Waals surface area contributed by atoms with Crippen molar-refractivity contribution in [3.05, 3.63) is 116 Å². The summed E-state index contributed by atoms with van der Waals surface area (Å²) < 4.78 is 5.86. The lowest BCUT2D eigenvalue weighted by atomic mass is 10.0. The Morgan fingerprint density at radius 3 is 2.03 bits per heavy atom. The zero-order chi connectivity index (χ0) is 20.2. The first-order chi connectivity index (χ1) is 14.8. The van der Waals surface area contributed by atoms with Gasteiger partial charge in [0.1, 0.15) is 5.75 Å². The smallest absolute Gasteiger partial charge is 0.219 e. The number of H-pyrrole nitrogens is 1. The molecular weight excluding hydrogens is 368 g/mol. The van der Waals surface area contributed by atoms with Crippen LogP contribution in [0.3, 0.4) is 0 Å². The second-order valence-electron chi connectivity index (χ2n) is 7.04. The van der Waals surface area contributed by atoms with Crippen LogP contribution in [0.2, 0.25) is 0 Å². The standard InChI is InChI=1S/C27H20N2O/c1-2-7-20(8-3-1)21-12-14-22(15-13-21)24-18-26(29-19-24)23-9-6-10-25(17-23)30-27-11-4-5-16-28-27/h1-19,29H. The first-order valence-electron chi connectivity index (χ1n) is 9.89. The van der Waals surface area contributed by atoms with E-state index < -0.39 is 0 Å². The van der Waals surface area contributed by atoms with Crippen LogP contribution in [0.15, 0.2) is 116 Å². The summed E-state index contributed by atoms with van der Waals surface area (Å²) in [5.74, 6) is 1.34. The second-order valence-corrected chi connectivity index (χ2v) is 7.04. The van der Waals surface area contributed by atoms with Gasteiger partial charge in [0.2, 0.25) is 5.88 Å². The number of aromatic amines is 1. The minimum absolute atomic E-state index is 0.584. The van der Waals surface area contributed by atoms with Gasteiger partial charge in [0, 0.05) is 29.7 Å². The maximum Gasteiger partial charge on any atom is 0.219 e. The van der Waals surface area contributed by atoms with Crippen molar-refractivity contribution in [3.63, 3.8) is 0 Å². The number of nitrogens with zero attached hydrogens (tertiary/aromatic N) is 1. The maximum atomic E-state index is 5.86. The molecule has 3 nitrogen and oxygen atoms in total. The highest BCUT2D eigenvalue weighted by Gasteiger charge is 2.07. The minimum atomic E-state index is 0.584. The van der Waals surface area contributed by atoms with Gasteiger partial charge in [-0.1, -0.05) is 72.8 Å². The van der Waals surface area contributed by atoms with Crippen LogP contribution in [-0.2, 0) is 0 Å². The van der Waals surface area contributed by atoms with Crippen molar-refractivity contribution in [3.8, 4) is 45.1 Å². The van der Waals surface area contributed by atoms with E-state index in [0.717, 1.165) is 22.6 Å². The number of rotatable bonds is 5. The molecule has 144 valence electrons. The summed E-state index contributed by atoms with van der Waals surface area (Å²) in [5, 5.41) is 0. The molecule has 3 aromatic carbocycles. The molecule has 0 aliphatic carbocycles. The summed E-state index contributed by atoms with van der Waals surface area (Å²) in [6, 6.07) is 34.9. The van der Waals surface area contributed by atoms with Crippen LogP contribution in [0.25, 0.3) is 33.5 Å². The van der Waals surface area contributed by atoms with Gasteiger partial charge >= 0.3 is 0 Å². The number of aromatic nitrogens is 2. The van der Waals surface area contributed by atoms with E-state index in [2.05, 4.69) is 70.6 Å². The van der Waals surface area contributed by atoms with Crippen molar-refractivity contribution in [2.75, 3.05) is 0 Å². The van der Waals surface area contributed by atoms with E-state index in [9.17, 15) is 0 Å². The molecule has 0 radical (unpaired) electrons. The molecule has 2 heterocycles. The predicted molar refractivity (Wildman–Crippen MR) is 121 cm³/mol. The van der Waals surface area contributed by atoms with Crippen molar-refractivity contribution >= 4 is 0 Å². The molecule has 3 heteroatoms. The van der Waals surface area contributed by atoms with Crippen molar-refractivity contribution in [1.29, 1.82) is 0 Å². The van der Waals surface area contributed by atoms with Crippen LogP contribution in [-0.4, -0.2) is 9.97 Å². The topological polar surface area (TPSA) is 37.9 Å². The maximum absolute atomic E-state index is 5.86. The van der Waals surface area contributed by atoms with Crippen molar-refractivity contribution in [1.82, 2.24) is 9.97 Å². The summed E-state index contributed by atoms with van der Waals surface area (Å²) in [6.45, 7) is 0.